The van der Waals surface area contributed by atoms with Crippen molar-refractivity contribution >= 4 is 5.78 Å². The zero-order valence-corrected chi connectivity index (χ0v) is 12.6. The maximum Gasteiger partial charge on any atom is 0.130 e. The van der Waals surface area contributed by atoms with E-state index < -0.39 is 0 Å². The van der Waals surface area contributed by atoms with E-state index in [0.29, 0.717) is 5.78 Å². The SMILES string of the molecule is CC.CC.CC(=O)CC12CC1(C)C=CC=C2C. The molecule has 0 amide bonds. The third-order valence-corrected chi connectivity index (χ3v) is 3.75. The molecule has 0 heterocycles. The molecule has 2 atom stereocenters. The number of allylic oxidation sites excluding steroid dienone is 4. The van der Waals surface area contributed by atoms with Crippen LogP contribution in [0, 0.1) is 10.8 Å². The molecule has 2 aliphatic rings. The van der Waals surface area contributed by atoms with Gasteiger partial charge in [0.15, 0.2) is 0 Å². The van der Waals surface area contributed by atoms with E-state index in [4.69, 9.17) is 0 Å². The second-order valence-electron chi connectivity index (χ2n) is 4.76. The third kappa shape index (κ3) is 2.88. The topological polar surface area (TPSA) is 17.1 Å². The minimum Gasteiger partial charge on any atom is -0.300 e. The van der Waals surface area contributed by atoms with E-state index >= 15 is 0 Å². The zero-order valence-electron chi connectivity index (χ0n) is 12.6. The average Bonchev–Trinajstić information content (AvgIpc) is 2.91. The van der Waals surface area contributed by atoms with Gasteiger partial charge in [-0.3, -0.25) is 4.79 Å². The number of carbonyl (C=O) groups excluding carboxylic acids is 1. The Morgan fingerprint density at radius 3 is 2.24 bits per heavy atom. The molecule has 0 aromatic carbocycles. The van der Waals surface area contributed by atoms with Crippen LogP contribution in [0.2, 0.25) is 0 Å². The van der Waals surface area contributed by atoms with Gasteiger partial charge in [-0.25, -0.2) is 0 Å². The number of rotatable bonds is 2. The summed E-state index contributed by atoms with van der Waals surface area (Å²) in [5, 5.41) is 0. The molecule has 0 aromatic rings. The fourth-order valence-electron chi connectivity index (χ4n) is 2.78. The fourth-order valence-corrected chi connectivity index (χ4v) is 2.78. The molecule has 1 fully saturated rings. The van der Waals surface area contributed by atoms with Crippen molar-refractivity contribution < 1.29 is 4.79 Å². The van der Waals surface area contributed by atoms with Crippen molar-refractivity contribution in [3.63, 3.8) is 0 Å². The smallest absolute Gasteiger partial charge is 0.130 e. The van der Waals surface area contributed by atoms with Crippen LogP contribution in [0.25, 0.3) is 0 Å². The molecule has 0 aliphatic heterocycles. The summed E-state index contributed by atoms with van der Waals surface area (Å²) in [6.07, 6.45) is 8.40. The highest BCUT2D eigenvalue weighted by Gasteiger charge is 2.64. The Labute approximate surface area is 107 Å². The summed E-state index contributed by atoms with van der Waals surface area (Å²) in [5.41, 5.74) is 1.85. The molecular weight excluding hydrogens is 208 g/mol. The molecule has 17 heavy (non-hydrogen) atoms. The summed E-state index contributed by atoms with van der Waals surface area (Å²) >= 11 is 0. The van der Waals surface area contributed by atoms with Crippen molar-refractivity contribution in [2.75, 3.05) is 0 Å². The van der Waals surface area contributed by atoms with E-state index in [-0.39, 0.29) is 10.8 Å². The first-order chi connectivity index (χ1) is 8.00. The third-order valence-electron chi connectivity index (χ3n) is 3.75. The molecule has 2 unspecified atom stereocenters. The lowest BCUT2D eigenvalue weighted by molar-refractivity contribution is -0.118. The predicted octanol–water partition coefficient (Wildman–Crippen LogP) is 4.93. The normalized spacial score (nSPS) is 32.1. The van der Waals surface area contributed by atoms with Gasteiger partial charge in [-0.05, 0) is 25.7 Å². The lowest BCUT2D eigenvalue weighted by Crippen LogP contribution is -2.17. The van der Waals surface area contributed by atoms with Crippen molar-refractivity contribution in [3.8, 4) is 0 Å². The number of carbonyl (C=O) groups is 1. The molecule has 1 nitrogen and oxygen atoms in total. The summed E-state index contributed by atoms with van der Waals surface area (Å²) in [7, 11) is 0. The van der Waals surface area contributed by atoms with Crippen molar-refractivity contribution in [1.29, 1.82) is 0 Å². The predicted molar refractivity (Wildman–Crippen MR) is 76.0 cm³/mol. The zero-order chi connectivity index (χ0) is 13.7. The summed E-state index contributed by atoms with van der Waals surface area (Å²) in [5.74, 6) is 0.312. The molecule has 1 saturated carbocycles. The van der Waals surface area contributed by atoms with Gasteiger partial charge in [-0.2, -0.15) is 0 Å². The van der Waals surface area contributed by atoms with Crippen molar-refractivity contribution in [2.24, 2.45) is 10.8 Å². The molecule has 0 aromatic heterocycles. The fraction of sp³-hybridized carbons (Fsp3) is 0.688. The Hall–Kier alpha value is -0.850. The molecule has 0 N–H and O–H groups in total. The van der Waals surface area contributed by atoms with Crippen LogP contribution in [0.15, 0.2) is 23.8 Å². The van der Waals surface area contributed by atoms with E-state index in [9.17, 15) is 4.79 Å². The van der Waals surface area contributed by atoms with E-state index in [1.807, 2.05) is 27.7 Å². The molecule has 0 radical (unpaired) electrons. The van der Waals surface area contributed by atoms with Crippen molar-refractivity contribution in [2.45, 2.75) is 61.3 Å². The van der Waals surface area contributed by atoms with Gasteiger partial charge in [-0.15, -0.1) is 0 Å². The molecule has 98 valence electrons. The number of hydrogen-bond acceptors (Lipinski definition) is 1. The van der Waals surface area contributed by atoms with Gasteiger partial charge in [0, 0.05) is 11.8 Å². The highest BCUT2D eigenvalue weighted by molar-refractivity contribution is 5.78. The maximum atomic E-state index is 11.2. The first-order valence-electron chi connectivity index (χ1n) is 6.86. The lowest BCUT2D eigenvalue weighted by atomic mass is 9.80. The Kier molecular flexibility index (Phi) is 5.87. The van der Waals surface area contributed by atoms with Crippen LogP contribution < -0.4 is 0 Å². The van der Waals surface area contributed by atoms with Crippen LogP contribution >= 0.6 is 0 Å². The monoisotopic (exact) mass is 236 g/mol. The van der Waals surface area contributed by atoms with Crippen LogP contribution in [0.1, 0.15) is 61.3 Å². The molecule has 2 aliphatic carbocycles. The minimum absolute atomic E-state index is 0.188. The molecular formula is C16H28O. The van der Waals surface area contributed by atoms with E-state index in [1.54, 1.807) is 6.92 Å². The maximum absolute atomic E-state index is 11.2. The molecule has 2 rings (SSSR count). The minimum atomic E-state index is 0.188. The van der Waals surface area contributed by atoms with E-state index in [0.717, 1.165) is 12.8 Å². The molecule has 0 saturated heterocycles. The summed E-state index contributed by atoms with van der Waals surface area (Å²) in [6.45, 7) is 14.1. The Bertz CT molecular complexity index is 324. The summed E-state index contributed by atoms with van der Waals surface area (Å²) < 4.78 is 0. The van der Waals surface area contributed by atoms with Gasteiger partial charge < -0.3 is 0 Å². The first kappa shape index (κ1) is 16.1. The van der Waals surface area contributed by atoms with Crippen molar-refractivity contribution in [1.82, 2.24) is 0 Å². The van der Waals surface area contributed by atoms with Crippen LogP contribution in [-0.4, -0.2) is 5.78 Å². The largest absolute Gasteiger partial charge is 0.300 e. The lowest BCUT2D eigenvalue weighted by Gasteiger charge is -2.23. The Morgan fingerprint density at radius 2 is 1.82 bits per heavy atom. The van der Waals surface area contributed by atoms with Gasteiger partial charge >= 0.3 is 0 Å². The van der Waals surface area contributed by atoms with Crippen LogP contribution in [-0.2, 0) is 4.79 Å². The van der Waals surface area contributed by atoms with Crippen molar-refractivity contribution in [3.05, 3.63) is 23.8 Å². The van der Waals surface area contributed by atoms with Crippen LogP contribution in [0.4, 0.5) is 0 Å². The van der Waals surface area contributed by atoms with Gasteiger partial charge in [-0.1, -0.05) is 58.4 Å². The summed E-state index contributed by atoms with van der Waals surface area (Å²) in [4.78, 5) is 11.2. The highest BCUT2D eigenvalue weighted by Crippen LogP contribution is 2.71. The number of ketones is 1. The Balaban J connectivity index is 0.000000581. The van der Waals surface area contributed by atoms with E-state index in [1.165, 1.54) is 5.57 Å². The second kappa shape index (κ2) is 6.18. The van der Waals surface area contributed by atoms with Gasteiger partial charge in [0.05, 0.1) is 0 Å². The number of Topliss-reactive ketones (excluding diaryl/α,β-unsaturated/α-hetero) is 1. The number of hydrogen-bond donors (Lipinski definition) is 0. The highest BCUT2D eigenvalue weighted by atomic mass is 16.1. The standard InChI is InChI=1S/C12H16O.2C2H6/c1-9-5-4-6-11(3)8-12(9,11)7-10(2)13;2*1-2/h4-6H,7-8H2,1-3H3;2*1-2H3. The average molecular weight is 236 g/mol. The van der Waals surface area contributed by atoms with Crippen LogP contribution in [0.3, 0.4) is 0 Å². The quantitative estimate of drug-likeness (QED) is 0.664. The van der Waals surface area contributed by atoms with E-state index in [2.05, 4.69) is 32.1 Å². The van der Waals surface area contributed by atoms with Gasteiger partial charge in [0.25, 0.3) is 0 Å². The summed E-state index contributed by atoms with van der Waals surface area (Å²) in [6, 6.07) is 0. The second-order valence-corrected chi connectivity index (χ2v) is 4.76. The molecule has 1 heteroatoms. The Morgan fingerprint density at radius 1 is 1.29 bits per heavy atom. The van der Waals surface area contributed by atoms with Gasteiger partial charge in [0.2, 0.25) is 0 Å². The van der Waals surface area contributed by atoms with Crippen LogP contribution in [0.5, 0.6) is 0 Å². The first-order valence-corrected chi connectivity index (χ1v) is 6.86. The number of fused-ring (bicyclic) bond motifs is 1. The molecule has 0 bridgehead atoms. The molecule has 0 spiro atoms. The van der Waals surface area contributed by atoms with Gasteiger partial charge in [0.1, 0.15) is 5.78 Å².